The van der Waals surface area contributed by atoms with E-state index in [4.69, 9.17) is 23.5 Å². The number of ether oxygens (including phenoxy) is 2. The standard InChI is InChI=1S/C36H36N2O5.CO2/c1-22-13-11-12-16-27(22)28-17-26(18-29-31(39)19-32(42-34(28)29)25-14-9-8-10-15-25)38(35(40)43-36(4,5)6)21-30-24(3)33(41-7)23(2)20-37-30;2-1-3/h8-20H,21H2,1-7H3;. The average molecular weight is 621 g/mol. The fraction of sp³-hybridized carbons (Fsp3) is 0.243. The number of nitrogens with zero attached hydrogens (tertiary/aromatic N) is 2. The first-order valence-corrected chi connectivity index (χ1v) is 14.6. The first-order valence-electron chi connectivity index (χ1n) is 14.6. The molecule has 2 aromatic heterocycles. The van der Waals surface area contributed by atoms with Crippen LogP contribution in [0.2, 0.25) is 0 Å². The maximum Gasteiger partial charge on any atom is 0.415 e. The molecule has 46 heavy (non-hydrogen) atoms. The summed E-state index contributed by atoms with van der Waals surface area (Å²) in [6.07, 6.45) is 1.42. The van der Waals surface area contributed by atoms with Crippen LogP contribution in [0, 0.1) is 20.8 Å². The lowest BCUT2D eigenvalue weighted by molar-refractivity contribution is -0.191. The quantitative estimate of drug-likeness (QED) is 0.189. The van der Waals surface area contributed by atoms with E-state index in [9.17, 15) is 9.59 Å². The van der Waals surface area contributed by atoms with Gasteiger partial charge in [0.1, 0.15) is 22.7 Å². The number of rotatable bonds is 6. The van der Waals surface area contributed by atoms with Crippen molar-refractivity contribution in [3.8, 4) is 28.2 Å². The zero-order valence-electron chi connectivity index (χ0n) is 27.0. The van der Waals surface area contributed by atoms with Crippen molar-refractivity contribution >= 4 is 28.9 Å². The Labute approximate surface area is 267 Å². The van der Waals surface area contributed by atoms with Crippen molar-refractivity contribution in [3.63, 3.8) is 0 Å². The minimum atomic E-state index is -0.748. The van der Waals surface area contributed by atoms with E-state index in [1.165, 1.54) is 11.0 Å². The molecule has 9 nitrogen and oxygen atoms in total. The molecule has 3 aromatic carbocycles. The predicted molar refractivity (Wildman–Crippen MR) is 176 cm³/mol. The molecule has 2 heterocycles. The van der Waals surface area contributed by atoms with Crippen LogP contribution in [0.25, 0.3) is 33.4 Å². The topological polar surface area (TPSA) is 116 Å². The minimum absolute atomic E-state index is 0.101. The Balaban J connectivity index is 0.00000154. The second-order valence-electron chi connectivity index (χ2n) is 11.7. The SMILES string of the molecule is COc1c(C)cnc(CN(C(=O)OC(C)(C)C)c2cc(-c3ccccc3C)c3oc(-c4ccccc4)cc(=O)c3c2)c1C.O=C=O. The number of carbonyl (C=O) groups is 1. The molecule has 5 rings (SSSR count). The molecule has 0 aliphatic carbocycles. The molecule has 1 amide bonds. The van der Waals surface area contributed by atoms with E-state index in [2.05, 4.69) is 4.98 Å². The molecule has 0 N–H and O–H groups in total. The maximum absolute atomic E-state index is 13.8. The van der Waals surface area contributed by atoms with Crippen molar-refractivity contribution in [2.45, 2.75) is 53.7 Å². The largest absolute Gasteiger partial charge is 0.496 e. The molecule has 0 saturated carbocycles. The average Bonchev–Trinajstić information content (AvgIpc) is 3.01. The lowest BCUT2D eigenvalue weighted by Gasteiger charge is -2.28. The Kier molecular flexibility index (Phi) is 10.2. The van der Waals surface area contributed by atoms with E-state index in [1.54, 1.807) is 19.4 Å². The van der Waals surface area contributed by atoms with E-state index < -0.39 is 11.7 Å². The number of hydrogen-bond donors (Lipinski definition) is 0. The number of anilines is 1. The third-order valence-electron chi connectivity index (χ3n) is 7.29. The summed E-state index contributed by atoms with van der Waals surface area (Å²) in [5.74, 6) is 1.18. The fourth-order valence-electron chi connectivity index (χ4n) is 5.18. The number of fused-ring (bicyclic) bond motifs is 1. The Morgan fingerprint density at radius 1 is 0.913 bits per heavy atom. The summed E-state index contributed by atoms with van der Waals surface area (Å²) in [7, 11) is 1.62. The highest BCUT2D eigenvalue weighted by atomic mass is 16.6. The number of hydrogen-bond acceptors (Lipinski definition) is 8. The Morgan fingerprint density at radius 3 is 2.20 bits per heavy atom. The van der Waals surface area contributed by atoms with Gasteiger partial charge in [-0.2, -0.15) is 9.59 Å². The summed E-state index contributed by atoms with van der Waals surface area (Å²) in [6, 6.07) is 22.5. The van der Waals surface area contributed by atoms with Gasteiger partial charge in [0.2, 0.25) is 0 Å². The van der Waals surface area contributed by atoms with E-state index in [-0.39, 0.29) is 18.1 Å². The molecule has 0 bridgehead atoms. The van der Waals surface area contributed by atoms with Gasteiger partial charge in [-0.25, -0.2) is 4.79 Å². The monoisotopic (exact) mass is 620 g/mol. The molecular formula is C37H36N2O7. The van der Waals surface area contributed by atoms with Crippen LogP contribution in [0.4, 0.5) is 10.5 Å². The number of carbonyl (C=O) groups excluding carboxylic acids is 3. The molecule has 0 aliphatic rings. The second-order valence-corrected chi connectivity index (χ2v) is 11.7. The first-order chi connectivity index (χ1) is 21.9. The normalized spacial score (nSPS) is 10.8. The van der Waals surface area contributed by atoms with E-state index in [0.29, 0.717) is 39.4 Å². The lowest BCUT2D eigenvalue weighted by Crippen LogP contribution is -2.37. The Hall–Kier alpha value is -5.53. The molecule has 0 radical (unpaired) electrons. The molecule has 0 atom stereocenters. The Morgan fingerprint density at radius 2 is 1.57 bits per heavy atom. The summed E-state index contributed by atoms with van der Waals surface area (Å²) in [6.45, 7) is 11.4. The highest BCUT2D eigenvalue weighted by Gasteiger charge is 2.27. The van der Waals surface area contributed by atoms with Crippen LogP contribution >= 0.6 is 0 Å². The molecule has 5 aromatic rings. The summed E-state index contributed by atoms with van der Waals surface area (Å²) in [4.78, 5) is 49.9. The van der Waals surface area contributed by atoms with Crippen LogP contribution in [0.15, 0.2) is 88.2 Å². The zero-order valence-corrected chi connectivity index (χ0v) is 27.0. The molecule has 0 unspecified atom stereocenters. The van der Waals surface area contributed by atoms with E-state index >= 15 is 0 Å². The van der Waals surface area contributed by atoms with Crippen molar-refractivity contribution in [1.82, 2.24) is 4.98 Å². The molecular weight excluding hydrogens is 584 g/mol. The van der Waals surface area contributed by atoms with Crippen LogP contribution in [0.1, 0.15) is 43.2 Å². The number of benzene rings is 3. The molecule has 0 fully saturated rings. The number of aromatic nitrogens is 1. The lowest BCUT2D eigenvalue weighted by atomic mass is 9.97. The molecule has 9 heteroatoms. The van der Waals surface area contributed by atoms with E-state index in [0.717, 1.165) is 27.8 Å². The highest BCUT2D eigenvalue weighted by molar-refractivity contribution is 5.99. The second kappa shape index (κ2) is 14.1. The third kappa shape index (κ3) is 7.39. The summed E-state index contributed by atoms with van der Waals surface area (Å²) in [5, 5.41) is 0.357. The maximum atomic E-state index is 13.8. The smallest absolute Gasteiger partial charge is 0.415 e. The van der Waals surface area contributed by atoms with Crippen molar-refractivity contribution in [3.05, 3.63) is 112 Å². The van der Waals surface area contributed by atoms with Gasteiger partial charge in [-0.1, -0.05) is 54.6 Å². The van der Waals surface area contributed by atoms with Gasteiger partial charge in [-0.15, -0.1) is 0 Å². The van der Waals surface area contributed by atoms with Gasteiger partial charge in [0.25, 0.3) is 0 Å². The fourth-order valence-corrected chi connectivity index (χ4v) is 5.18. The van der Waals surface area contributed by atoms with Gasteiger partial charge in [0.15, 0.2) is 5.43 Å². The zero-order chi connectivity index (χ0) is 33.6. The number of methoxy groups -OCH3 is 1. The number of amides is 1. The summed E-state index contributed by atoms with van der Waals surface area (Å²) in [5.41, 5.74) is 5.71. The van der Waals surface area contributed by atoms with Gasteiger partial charge in [0, 0.05) is 40.2 Å². The summed E-state index contributed by atoms with van der Waals surface area (Å²) < 4.78 is 18.0. The third-order valence-corrected chi connectivity index (χ3v) is 7.29. The van der Waals surface area contributed by atoms with Gasteiger partial charge in [-0.05, 0) is 64.8 Å². The van der Waals surface area contributed by atoms with Gasteiger partial charge >= 0.3 is 12.2 Å². The minimum Gasteiger partial charge on any atom is -0.496 e. The van der Waals surface area contributed by atoms with Crippen LogP contribution in [-0.2, 0) is 20.9 Å². The molecule has 0 aliphatic heterocycles. The van der Waals surface area contributed by atoms with Crippen molar-refractivity contribution in [2.24, 2.45) is 0 Å². The van der Waals surface area contributed by atoms with Gasteiger partial charge in [-0.3, -0.25) is 14.7 Å². The number of pyridine rings is 1. The predicted octanol–water partition coefficient (Wildman–Crippen LogP) is 7.81. The van der Waals surface area contributed by atoms with Crippen molar-refractivity contribution < 1.29 is 28.3 Å². The molecule has 236 valence electrons. The summed E-state index contributed by atoms with van der Waals surface area (Å²) >= 11 is 0. The van der Waals surface area contributed by atoms with Gasteiger partial charge < -0.3 is 13.9 Å². The van der Waals surface area contributed by atoms with Crippen LogP contribution in [0.5, 0.6) is 5.75 Å². The van der Waals surface area contributed by atoms with Crippen molar-refractivity contribution in [1.29, 1.82) is 0 Å². The van der Waals surface area contributed by atoms with Gasteiger partial charge in [0.05, 0.1) is 24.7 Å². The van der Waals surface area contributed by atoms with Crippen LogP contribution in [-0.4, -0.2) is 29.9 Å². The van der Waals surface area contributed by atoms with E-state index in [1.807, 2.05) is 102 Å². The first kappa shape index (κ1) is 33.4. The van der Waals surface area contributed by atoms with Crippen LogP contribution in [0.3, 0.4) is 0 Å². The Bertz CT molecular complexity index is 1970. The highest BCUT2D eigenvalue weighted by Crippen LogP contribution is 2.37. The molecule has 0 spiro atoms. The van der Waals surface area contributed by atoms with Crippen LogP contribution < -0.4 is 15.1 Å². The number of aryl methyl sites for hydroxylation is 2. The molecule has 0 saturated heterocycles. The van der Waals surface area contributed by atoms with Crippen molar-refractivity contribution in [2.75, 3.05) is 12.0 Å².